The van der Waals surface area contributed by atoms with E-state index < -0.39 is 0 Å². The molecule has 0 radical (unpaired) electrons. The summed E-state index contributed by atoms with van der Waals surface area (Å²) < 4.78 is 13.1. The van der Waals surface area contributed by atoms with Crippen molar-refractivity contribution in [2.75, 3.05) is 0 Å². The third kappa shape index (κ3) is 1.76. The summed E-state index contributed by atoms with van der Waals surface area (Å²) in [7, 11) is 0. The van der Waals surface area contributed by atoms with Crippen LogP contribution in [0.2, 0.25) is 0 Å². The van der Waals surface area contributed by atoms with Crippen molar-refractivity contribution in [3.8, 4) is 0 Å². The molecule has 7 rings (SSSR count). The Labute approximate surface area is 179 Å². The highest BCUT2D eigenvalue weighted by atomic mass is 16.6. The first kappa shape index (κ1) is 18.4. The lowest BCUT2D eigenvalue weighted by molar-refractivity contribution is -0.174. The Morgan fingerprint density at radius 1 is 1.13 bits per heavy atom. The van der Waals surface area contributed by atoms with Crippen molar-refractivity contribution in [3.05, 3.63) is 11.6 Å². The SMILES string of the molecule is CCC[C@@H]1CC2=CC(=O)CC[C@]2(C)[C@@]23O[C@@H]2C[C@@]2(C)C(C13)[C@@H]1C[C@@H]1[C@@]21CCC(=O)O1. The minimum absolute atomic E-state index is 0.00824. The van der Waals surface area contributed by atoms with Gasteiger partial charge in [0.2, 0.25) is 0 Å². The molecule has 0 aromatic carbocycles. The van der Waals surface area contributed by atoms with Crippen molar-refractivity contribution in [2.45, 2.75) is 95.9 Å². The number of epoxide rings is 1. The van der Waals surface area contributed by atoms with E-state index in [1.807, 2.05) is 6.08 Å². The largest absolute Gasteiger partial charge is 0.458 e. The topological polar surface area (TPSA) is 55.9 Å². The van der Waals surface area contributed by atoms with E-state index in [0.29, 0.717) is 48.2 Å². The number of carbonyl (C=O) groups is 2. The minimum atomic E-state index is -0.228. The molecule has 2 unspecified atom stereocenters. The van der Waals surface area contributed by atoms with Crippen molar-refractivity contribution in [1.29, 1.82) is 0 Å². The summed E-state index contributed by atoms with van der Waals surface area (Å²) in [5, 5.41) is 0. The Balaban J connectivity index is 1.38. The molecule has 7 aliphatic rings. The van der Waals surface area contributed by atoms with E-state index in [1.165, 1.54) is 24.8 Å². The number of rotatable bonds is 2. The molecule has 4 nitrogen and oxygen atoms in total. The van der Waals surface area contributed by atoms with Gasteiger partial charge in [0, 0.05) is 29.6 Å². The maximum atomic E-state index is 12.3. The lowest BCUT2D eigenvalue weighted by Gasteiger charge is -2.60. The predicted octanol–water partition coefficient (Wildman–Crippen LogP) is 4.61. The van der Waals surface area contributed by atoms with Crippen LogP contribution in [-0.2, 0) is 19.1 Å². The molecule has 10 atom stereocenters. The maximum absolute atomic E-state index is 12.3. The summed E-state index contributed by atoms with van der Waals surface area (Å²) in [5.74, 6) is 3.34. The standard InChI is InChI=1S/C26H34O4/c1-4-5-14-10-15-11-16(27)6-8-23(15,2)26-19(29-26)13-24(3)22(21(14)26)17-12-18(17)25(24)9-7-20(28)30-25/h11,14,17-19,21-22H,4-10,12-13H2,1-3H3/t14-,17-,18+,19-,21?,22?,23+,24+,25+,26-/m1/s1. The zero-order chi connectivity index (χ0) is 20.7. The first-order valence-electron chi connectivity index (χ1n) is 12.4. The van der Waals surface area contributed by atoms with E-state index in [0.717, 1.165) is 25.7 Å². The van der Waals surface area contributed by atoms with E-state index in [2.05, 4.69) is 20.8 Å². The zero-order valence-electron chi connectivity index (χ0n) is 18.5. The second-order valence-corrected chi connectivity index (χ2v) is 12.2. The first-order valence-corrected chi connectivity index (χ1v) is 12.4. The van der Waals surface area contributed by atoms with Gasteiger partial charge in [-0.15, -0.1) is 0 Å². The zero-order valence-corrected chi connectivity index (χ0v) is 18.5. The summed E-state index contributed by atoms with van der Waals surface area (Å²) >= 11 is 0. The van der Waals surface area contributed by atoms with Crippen molar-refractivity contribution in [3.63, 3.8) is 0 Å². The van der Waals surface area contributed by atoms with E-state index in [4.69, 9.17) is 9.47 Å². The lowest BCUT2D eigenvalue weighted by Crippen LogP contribution is -2.63. The molecule has 0 N–H and O–H groups in total. The molecule has 6 fully saturated rings. The fraction of sp³-hybridized carbons (Fsp3) is 0.846. The highest BCUT2D eigenvalue weighted by Crippen LogP contribution is 2.84. The third-order valence-electron chi connectivity index (χ3n) is 11.3. The highest BCUT2D eigenvalue weighted by Gasteiger charge is 2.87. The van der Waals surface area contributed by atoms with Gasteiger partial charge in [0.25, 0.3) is 0 Å². The predicted molar refractivity (Wildman–Crippen MR) is 110 cm³/mol. The van der Waals surface area contributed by atoms with Gasteiger partial charge in [0.05, 0.1) is 6.10 Å². The Bertz CT molecular complexity index is 907. The van der Waals surface area contributed by atoms with Gasteiger partial charge in [-0.3, -0.25) is 9.59 Å². The molecule has 0 aromatic heterocycles. The monoisotopic (exact) mass is 410 g/mol. The molecule has 162 valence electrons. The number of carbonyl (C=O) groups excluding carboxylic acids is 2. The average molecular weight is 411 g/mol. The van der Waals surface area contributed by atoms with Gasteiger partial charge in [-0.2, -0.15) is 0 Å². The van der Waals surface area contributed by atoms with Gasteiger partial charge in [0.15, 0.2) is 5.78 Å². The summed E-state index contributed by atoms with van der Waals surface area (Å²) in [5.41, 5.74) is 1.13. The van der Waals surface area contributed by atoms with Crippen LogP contribution >= 0.6 is 0 Å². The van der Waals surface area contributed by atoms with E-state index in [9.17, 15) is 9.59 Å². The van der Waals surface area contributed by atoms with Crippen LogP contribution in [0.5, 0.6) is 0 Å². The normalized spacial score (nSPS) is 59.5. The molecule has 4 saturated carbocycles. The second-order valence-electron chi connectivity index (χ2n) is 12.2. The molecule has 0 aromatic rings. The van der Waals surface area contributed by atoms with Crippen LogP contribution in [0.3, 0.4) is 0 Å². The second kappa shape index (κ2) is 5.24. The van der Waals surface area contributed by atoms with Gasteiger partial charge in [-0.1, -0.05) is 39.2 Å². The fourth-order valence-corrected chi connectivity index (χ4v) is 10.1. The van der Waals surface area contributed by atoms with Crippen LogP contribution in [-0.4, -0.2) is 29.1 Å². The molecule has 2 aliphatic heterocycles. The van der Waals surface area contributed by atoms with Crippen LogP contribution < -0.4 is 0 Å². The molecule has 4 heteroatoms. The van der Waals surface area contributed by atoms with Crippen LogP contribution in [0.15, 0.2) is 11.6 Å². The van der Waals surface area contributed by atoms with Gasteiger partial charge in [0.1, 0.15) is 11.2 Å². The first-order chi connectivity index (χ1) is 14.3. The average Bonchev–Trinajstić information content (AvgIpc) is 3.57. The van der Waals surface area contributed by atoms with Crippen molar-refractivity contribution < 1.29 is 19.1 Å². The Morgan fingerprint density at radius 2 is 1.97 bits per heavy atom. The van der Waals surface area contributed by atoms with Crippen LogP contribution in [0.4, 0.5) is 0 Å². The Morgan fingerprint density at radius 3 is 2.70 bits per heavy atom. The molecule has 0 amide bonds. The summed E-state index contributed by atoms with van der Waals surface area (Å²) in [6, 6.07) is 0. The van der Waals surface area contributed by atoms with Gasteiger partial charge in [-0.25, -0.2) is 0 Å². The van der Waals surface area contributed by atoms with Gasteiger partial charge in [-0.05, 0) is 61.9 Å². The summed E-state index contributed by atoms with van der Waals surface area (Å²) in [4.78, 5) is 24.6. The molecular formula is C26H34O4. The smallest absolute Gasteiger partial charge is 0.306 e. The Hall–Kier alpha value is -1.16. The summed E-state index contributed by atoms with van der Waals surface area (Å²) in [6.45, 7) is 7.16. The molecule has 2 spiro atoms. The number of hydrogen-bond donors (Lipinski definition) is 0. The number of ether oxygens (including phenoxy) is 2. The van der Waals surface area contributed by atoms with Gasteiger partial charge < -0.3 is 9.47 Å². The maximum Gasteiger partial charge on any atom is 0.306 e. The lowest BCUT2D eigenvalue weighted by atomic mass is 9.42. The fourth-order valence-electron chi connectivity index (χ4n) is 10.1. The number of fused-ring (bicyclic) bond motifs is 7. The molecule has 5 aliphatic carbocycles. The van der Waals surface area contributed by atoms with E-state index in [-0.39, 0.29) is 34.1 Å². The molecule has 0 bridgehead atoms. The van der Waals surface area contributed by atoms with Crippen LogP contribution in [0.25, 0.3) is 0 Å². The van der Waals surface area contributed by atoms with Crippen LogP contribution in [0.1, 0.15) is 78.6 Å². The quantitative estimate of drug-likeness (QED) is 0.493. The van der Waals surface area contributed by atoms with Crippen LogP contribution in [0, 0.1) is 40.4 Å². The summed E-state index contributed by atoms with van der Waals surface area (Å²) in [6.07, 6.45) is 11.1. The minimum Gasteiger partial charge on any atom is -0.458 e. The molecule has 2 heterocycles. The number of esters is 1. The van der Waals surface area contributed by atoms with Gasteiger partial charge >= 0.3 is 5.97 Å². The third-order valence-corrected chi connectivity index (χ3v) is 11.3. The Kier molecular flexibility index (Phi) is 3.22. The highest BCUT2D eigenvalue weighted by molar-refractivity contribution is 5.92. The van der Waals surface area contributed by atoms with Crippen molar-refractivity contribution in [1.82, 2.24) is 0 Å². The molecule has 2 saturated heterocycles. The molecular weight excluding hydrogens is 376 g/mol. The molecule has 30 heavy (non-hydrogen) atoms. The number of ketones is 1. The van der Waals surface area contributed by atoms with Crippen molar-refractivity contribution in [2.24, 2.45) is 40.4 Å². The van der Waals surface area contributed by atoms with E-state index >= 15 is 0 Å². The van der Waals surface area contributed by atoms with E-state index in [1.54, 1.807) is 0 Å². The number of hydrogen-bond acceptors (Lipinski definition) is 4. The van der Waals surface area contributed by atoms with Crippen molar-refractivity contribution >= 4 is 11.8 Å².